The Morgan fingerprint density at radius 1 is 1.06 bits per heavy atom. The molecule has 0 radical (unpaired) electrons. The smallest absolute Gasteiger partial charge is 0.272 e. The van der Waals surface area contributed by atoms with E-state index >= 15 is 0 Å². The fourth-order valence-corrected chi connectivity index (χ4v) is 4.78. The molecule has 8 nitrogen and oxygen atoms in total. The molecule has 3 aromatic rings. The Balaban J connectivity index is 1.30. The molecule has 4 heterocycles. The molecular weight excluding hydrogens is 442 g/mol. The second kappa shape index (κ2) is 9.46. The van der Waals surface area contributed by atoms with Crippen LogP contribution >= 0.6 is 0 Å². The first kappa shape index (κ1) is 23.0. The number of carbonyl (C=O) groups is 2. The molecule has 8 heteroatoms. The van der Waals surface area contributed by atoms with Gasteiger partial charge in [0, 0.05) is 30.5 Å². The summed E-state index contributed by atoms with van der Waals surface area (Å²) in [4.78, 5) is 38.4. The number of nitrogens with zero attached hydrogens (tertiary/aromatic N) is 4. The number of hydrogen-bond donors (Lipinski definition) is 1. The topological polar surface area (TPSA) is 102 Å². The summed E-state index contributed by atoms with van der Waals surface area (Å²) in [6.07, 6.45) is 3.90. The van der Waals surface area contributed by atoms with Gasteiger partial charge in [-0.25, -0.2) is 9.97 Å². The first-order valence-corrected chi connectivity index (χ1v) is 11.9. The van der Waals surface area contributed by atoms with Crippen LogP contribution in [0.4, 0.5) is 11.5 Å². The molecule has 1 aromatic carbocycles. The summed E-state index contributed by atoms with van der Waals surface area (Å²) < 4.78 is 6.13. The summed E-state index contributed by atoms with van der Waals surface area (Å²) in [5, 5.41) is 0. The third-order valence-electron chi connectivity index (χ3n) is 6.83. The molecular formula is C27H29N5O3. The molecule has 0 unspecified atom stereocenters. The third-order valence-corrected chi connectivity index (χ3v) is 6.83. The second-order valence-electron chi connectivity index (χ2n) is 9.31. The summed E-state index contributed by atoms with van der Waals surface area (Å²) in [6, 6.07) is 17.0. The quantitative estimate of drug-likeness (QED) is 0.628. The van der Waals surface area contributed by atoms with E-state index in [0.29, 0.717) is 43.3 Å². The Morgan fingerprint density at radius 2 is 1.89 bits per heavy atom. The summed E-state index contributed by atoms with van der Waals surface area (Å²) in [7, 11) is 0. The lowest BCUT2D eigenvalue weighted by atomic mass is 9.92. The number of nitrogens with two attached hydrogens (primary N) is 1. The van der Waals surface area contributed by atoms with E-state index in [1.54, 1.807) is 18.3 Å². The highest BCUT2D eigenvalue weighted by atomic mass is 16.5. The van der Waals surface area contributed by atoms with Gasteiger partial charge in [-0.15, -0.1) is 0 Å². The average Bonchev–Trinajstić information content (AvgIpc) is 3.09. The number of pyridine rings is 2. The Kier molecular flexibility index (Phi) is 6.21. The molecule has 2 aromatic heterocycles. The zero-order valence-electron chi connectivity index (χ0n) is 19.8. The first-order chi connectivity index (χ1) is 16.9. The number of aryl methyl sites for hydroxylation is 1. The van der Waals surface area contributed by atoms with Gasteiger partial charge in [0.15, 0.2) is 0 Å². The molecule has 180 valence electrons. The SMILES string of the molecule is Cc1ccc(N2C[C@@]3(CCCN(C(=O)c4cccc(-c5ccc(N)nc5)n4)CC3)OCC2=O)cc1. The molecule has 2 saturated heterocycles. The van der Waals surface area contributed by atoms with Crippen LogP contribution < -0.4 is 10.6 Å². The van der Waals surface area contributed by atoms with Crippen LogP contribution in [0.5, 0.6) is 0 Å². The second-order valence-corrected chi connectivity index (χ2v) is 9.31. The molecule has 2 aliphatic heterocycles. The van der Waals surface area contributed by atoms with Crippen LogP contribution in [0.1, 0.15) is 35.3 Å². The minimum atomic E-state index is -0.460. The van der Waals surface area contributed by atoms with E-state index in [4.69, 9.17) is 10.5 Å². The molecule has 5 rings (SSSR count). The first-order valence-electron chi connectivity index (χ1n) is 11.9. The van der Waals surface area contributed by atoms with Crippen molar-refractivity contribution in [2.24, 2.45) is 0 Å². The largest absolute Gasteiger partial charge is 0.384 e. The van der Waals surface area contributed by atoms with Gasteiger partial charge in [-0.05, 0) is 62.6 Å². The van der Waals surface area contributed by atoms with E-state index < -0.39 is 5.60 Å². The molecule has 2 fully saturated rings. The van der Waals surface area contributed by atoms with Crippen molar-refractivity contribution in [1.29, 1.82) is 0 Å². The highest BCUT2D eigenvalue weighted by molar-refractivity contribution is 5.95. The zero-order valence-corrected chi connectivity index (χ0v) is 19.8. The lowest BCUT2D eigenvalue weighted by Crippen LogP contribution is -2.55. The highest BCUT2D eigenvalue weighted by Gasteiger charge is 2.42. The number of benzene rings is 1. The van der Waals surface area contributed by atoms with Gasteiger partial charge in [-0.1, -0.05) is 23.8 Å². The Hall–Kier alpha value is -3.78. The number of morpholine rings is 1. The van der Waals surface area contributed by atoms with E-state index in [1.165, 1.54) is 0 Å². The van der Waals surface area contributed by atoms with Crippen molar-refractivity contribution in [3.8, 4) is 11.3 Å². The van der Waals surface area contributed by atoms with Crippen LogP contribution in [0.15, 0.2) is 60.8 Å². The molecule has 2 amide bonds. The van der Waals surface area contributed by atoms with Crippen LogP contribution in [-0.2, 0) is 9.53 Å². The summed E-state index contributed by atoms with van der Waals surface area (Å²) >= 11 is 0. The van der Waals surface area contributed by atoms with Gasteiger partial charge in [0.1, 0.15) is 18.1 Å². The molecule has 0 saturated carbocycles. The molecule has 2 N–H and O–H groups in total. The van der Waals surface area contributed by atoms with Gasteiger partial charge >= 0.3 is 0 Å². The van der Waals surface area contributed by atoms with Gasteiger partial charge in [-0.3, -0.25) is 9.59 Å². The van der Waals surface area contributed by atoms with E-state index in [1.807, 2.05) is 59.2 Å². The van der Waals surface area contributed by atoms with E-state index in [9.17, 15) is 9.59 Å². The average molecular weight is 472 g/mol. The maximum atomic E-state index is 13.4. The lowest BCUT2D eigenvalue weighted by molar-refractivity contribution is -0.140. The summed E-state index contributed by atoms with van der Waals surface area (Å²) in [6.45, 7) is 3.75. The number of anilines is 2. The number of rotatable bonds is 3. The van der Waals surface area contributed by atoms with Crippen molar-refractivity contribution in [3.05, 3.63) is 72.1 Å². The van der Waals surface area contributed by atoms with Crippen LogP contribution in [-0.4, -0.2) is 58.5 Å². The maximum Gasteiger partial charge on any atom is 0.272 e. The zero-order chi connectivity index (χ0) is 24.4. The van der Waals surface area contributed by atoms with Crippen molar-refractivity contribution in [1.82, 2.24) is 14.9 Å². The molecule has 0 aliphatic carbocycles. The van der Waals surface area contributed by atoms with Gasteiger partial charge in [0.25, 0.3) is 11.8 Å². The van der Waals surface area contributed by atoms with Crippen LogP contribution in [0.2, 0.25) is 0 Å². The predicted octanol–water partition coefficient (Wildman–Crippen LogP) is 3.46. The van der Waals surface area contributed by atoms with E-state index in [0.717, 1.165) is 29.7 Å². The number of hydrogen-bond acceptors (Lipinski definition) is 6. The van der Waals surface area contributed by atoms with Gasteiger partial charge in [0.05, 0.1) is 17.8 Å². The predicted molar refractivity (Wildman–Crippen MR) is 134 cm³/mol. The minimum Gasteiger partial charge on any atom is -0.384 e. The fourth-order valence-electron chi connectivity index (χ4n) is 4.78. The Bertz CT molecular complexity index is 1230. The Labute approximate surface area is 204 Å². The summed E-state index contributed by atoms with van der Waals surface area (Å²) in [5.41, 5.74) is 9.15. The third kappa shape index (κ3) is 4.88. The highest BCUT2D eigenvalue weighted by Crippen LogP contribution is 2.33. The summed E-state index contributed by atoms with van der Waals surface area (Å²) in [5.74, 6) is 0.302. The monoisotopic (exact) mass is 471 g/mol. The lowest BCUT2D eigenvalue weighted by Gasteiger charge is -2.42. The van der Waals surface area contributed by atoms with Gasteiger partial charge in [0.2, 0.25) is 0 Å². The molecule has 0 bridgehead atoms. The van der Waals surface area contributed by atoms with Crippen LogP contribution in [0, 0.1) is 6.92 Å². The number of nitrogen functional groups attached to an aromatic ring is 1. The molecule has 35 heavy (non-hydrogen) atoms. The Morgan fingerprint density at radius 3 is 2.66 bits per heavy atom. The number of aromatic nitrogens is 2. The van der Waals surface area contributed by atoms with Gasteiger partial charge in [-0.2, -0.15) is 0 Å². The normalized spacial score (nSPS) is 20.7. The number of amides is 2. The van der Waals surface area contributed by atoms with Crippen LogP contribution in [0.3, 0.4) is 0 Å². The van der Waals surface area contributed by atoms with E-state index in [2.05, 4.69) is 9.97 Å². The fraction of sp³-hybridized carbons (Fsp3) is 0.333. The van der Waals surface area contributed by atoms with Crippen molar-refractivity contribution in [2.75, 3.05) is 36.9 Å². The van der Waals surface area contributed by atoms with Crippen LogP contribution in [0.25, 0.3) is 11.3 Å². The maximum absolute atomic E-state index is 13.4. The standard InChI is InChI=1S/C27H29N5O3/c1-19-6-9-21(10-7-19)32-18-27(35-17-25(32)33)12-3-14-31(15-13-27)26(34)23-5-2-4-22(30-23)20-8-11-24(28)29-16-20/h2,4-11,16H,3,12-15,17-18H2,1H3,(H2,28,29)/t27-/m0/s1. The minimum absolute atomic E-state index is 0.0326. The molecule has 1 spiro atoms. The number of likely N-dealkylation sites (tertiary alicyclic amines) is 1. The van der Waals surface area contributed by atoms with Crippen molar-refractivity contribution in [2.45, 2.75) is 31.8 Å². The van der Waals surface area contributed by atoms with E-state index in [-0.39, 0.29) is 18.4 Å². The van der Waals surface area contributed by atoms with Crippen molar-refractivity contribution >= 4 is 23.3 Å². The molecule has 1 atom stereocenters. The molecule has 2 aliphatic rings. The van der Waals surface area contributed by atoms with Crippen molar-refractivity contribution < 1.29 is 14.3 Å². The number of carbonyl (C=O) groups excluding carboxylic acids is 2. The van der Waals surface area contributed by atoms with Gasteiger partial charge < -0.3 is 20.3 Å². The number of ether oxygens (including phenoxy) is 1. The van der Waals surface area contributed by atoms with Crippen molar-refractivity contribution in [3.63, 3.8) is 0 Å².